The van der Waals surface area contributed by atoms with Crippen LogP contribution in [0.4, 0.5) is 0 Å². The van der Waals surface area contributed by atoms with E-state index >= 15 is 0 Å². The van der Waals surface area contributed by atoms with Gasteiger partial charge in [-0.25, -0.2) is 4.98 Å². The van der Waals surface area contributed by atoms with Gasteiger partial charge in [-0.3, -0.25) is 4.98 Å². The maximum atomic E-state index is 8.91. The summed E-state index contributed by atoms with van der Waals surface area (Å²) < 4.78 is 0. The minimum Gasteiger partial charge on any atom is -0.392 e. The van der Waals surface area contributed by atoms with E-state index < -0.39 is 0 Å². The normalized spacial score (nSPS) is 11.8. The predicted octanol–water partition coefficient (Wildman–Crippen LogP) is 2.91. The molecule has 2 aromatic heterocycles. The van der Waals surface area contributed by atoms with Gasteiger partial charge < -0.3 is 5.11 Å². The molecule has 0 atom stereocenters. The molecule has 0 radical (unpaired) electrons. The third kappa shape index (κ3) is 2.60. The maximum absolute atomic E-state index is 8.91. The van der Waals surface area contributed by atoms with E-state index in [0.29, 0.717) is 0 Å². The van der Waals surface area contributed by atoms with Crippen LogP contribution in [0.2, 0.25) is 0 Å². The molecule has 0 aliphatic carbocycles. The lowest BCUT2D eigenvalue weighted by molar-refractivity contribution is 0.343. The summed E-state index contributed by atoms with van der Waals surface area (Å²) in [7, 11) is 0. The van der Waals surface area contributed by atoms with Crippen molar-refractivity contribution >= 4 is 16.9 Å². The van der Waals surface area contributed by atoms with Gasteiger partial charge in [0.1, 0.15) is 5.01 Å². The molecule has 0 amide bonds. The van der Waals surface area contributed by atoms with Gasteiger partial charge in [-0.05, 0) is 31.6 Å². The van der Waals surface area contributed by atoms with Gasteiger partial charge in [-0.15, -0.1) is 11.3 Å². The molecule has 88 valence electrons. The molecule has 0 saturated carbocycles. The molecule has 4 heteroatoms. The van der Waals surface area contributed by atoms with Crippen molar-refractivity contribution < 1.29 is 5.11 Å². The van der Waals surface area contributed by atoms with Crippen LogP contribution in [0.15, 0.2) is 30.6 Å². The highest BCUT2D eigenvalue weighted by molar-refractivity contribution is 7.16. The fourth-order valence-electron chi connectivity index (χ4n) is 1.60. The molecule has 17 heavy (non-hydrogen) atoms. The topological polar surface area (TPSA) is 46.0 Å². The maximum Gasteiger partial charge on any atom is 0.125 e. The summed E-state index contributed by atoms with van der Waals surface area (Å²) in [5.74, 6) is 0. The van der Waals surface area contributed by atoms with Crippen LogP contribution in [0, 0.1) is 6.92 Å². The zero-order chi connectivity index (χ0) is 12.3. The van der Waals surface area contributed by atoms with E-state index in [4.69, 9.17) is 5.11 Å². The first kappa shape index (κ1) is 12.0. The highest BCUT2D eigenvalue weighted by Gasteiger charge is 2.10. The molecular formula is C13H14N2OS. The Hall–Kier alpha value is -1.52. The van der Waals surface area contributed by atoms with Crippen LogP contribution in [-0.2, 0) is 0 Å². The number of aliphatic hydroxyl groups is 1. The number of pyridine rings is 1. The lowest BCUT2D eigenvalue weighted by Crippen LogP contribution is -1.82. The SMILES string of the molecule is CC(=CCO)c1sc(-c2cccnc2)nc1C. The quantitative estimate of drug-likeness (QED) is 0.905. The number of hydrogen-bond acceptors (Lipinski definition) is 4. The van der Waals surface area contributed by atoms with Gasteiger partial charge in [0.05, 0.1) is 17.2 Å². The summed E-state index contributed by atoms with van der Waals surface area (Å²) in [5.41, 5.74) is 3.09. The summed E-state index contributed by atoms with van der Waals surface area (Å²) in [4.78, 5) is 9.76. The van der Waals surface area contributed by atoms with Crippen molar-refractivity contribution in [2.75, 3.05) is 6.61 Å². The first-order valence-corrected chi connectivity index (χ1v) is 6.20. The molecular weight excluding hydrogens is 232 g/mol. The number of allylic oxidation sites excluding steroid dienone is 1. The number of nitrogens with zero attached hydrogens (tertiary/aromatic N) is 2. The molecule has 2 aromatic rings. The fourth-order valence-corrected chi connectivity index (χ4v) is 2.66. The lowest BCUT2D eigenvalue weighted by atomic mass is 10.2. The fraction of sp³-hybridized carbons (Fsp3) is 0.231. The van der Waals surface area contributed by atoms with Gasteiger partial charge in [0.25, 0.3) is 0 Å². The molecule has 1 N–H and O–H groups in total. The zero-order valence-corrected chi connectivity index (χ0v) is 10.7. The number of hydrogen-bond donors (Lipinski definition) is 1. The molecule has 2 heterocycles. The first-order valence-electron chi connectivity index (χ1n) is 5.38. The van der Waals surface area contributed by atoms with Crippen molar-refractivity contribution in [1.29, 1.82) is 0 Å². The highest BCUT2D eigenvalue weighted by Crippen LogP contribution is 2.31. The summed E-state index contributed by atoms with van der Waals surface area (Å²) >= 11 is 1.63. The van der Waals surface area contributed by atoms with Crippen LogP contribution < -0.4 is 0 Å². The van der Waals surface area contributed by atoms with Gasteiger partial charge in [0.15, 0.2) is 0 Å². The number of aromatic nitrogens is 2. The molecule has 2 rings (SSSR count). The molecule has 0 unspecified atom stereocenters. The smallest absolute Gasteiger partial charge is 0.125 e. The van der Waals surface area contributed by atoms with Gasteiger partial charge >= 0.3 is 0 Å². The number of thiazole rings is 1. The average molecular weight is 246 g/mol. The van der Waals surface area contributed by atoms with E-state index in [9.17, 15) is 0 Å². The van der Waals surface area contributed by atoms with Crippen LogP contribution in [0.1, 0.15) is 17.5 Å². The van der Waals surface area contributed by atoms with Crippen molar-refractivity contribution in [3.63, 3.8) is 0 Å². The van der Waals surface area contributed by atoms with E-state index in [1.165, 1.54) is 0 Å². The molecule has 0 aliphatic heterocycles. The van der Waals surface area contributed by atoms with Crippen LogP contribution in [-0.4, -0.2) is 21.7 Å². The molecule has 0 saturated heterocycles. The molecule has 3 nitrogen and oxygen atoms in total. The second-order valence-electron chi connectivity index (χ2n) is 3.74. The average Bonchev–Trinajstić information content (AvgIpc) is 2.73. The molecule has 0 aromatic carbocycles. The van der Waals surface area contributed by atoms with E-state index in [1.54, 1.807) is 23.6 Å². The predicted molar refractivity (Wildman–Crippen MR) is 70.8 cm³/mol. The second kappa shape index (κ2) is 5.21. The second-order valence-corrected chi connectivity index (χ2v) is 4.74. The largest absolute Gasteiger partial charge is 0.392 e. The summed E-state index contributed by atoms with van der Waals surface area (Å²) in [6.45, 7) is 4.04. The Morgan fingerprint density at radius 2 is 2.35 bits per heavy atom. The minimum absolute atomic E-state index is 0.0609. The van der Waals surface area contributed by atoms with E-state index in [1.807, 2.05) is 32.2 Å². The Morgan fingerprint density at radius 1 is 1.53 bits per heavy atom. The van der Waals surface area contributed by atoms with Gasteiger partial charge in [0, 0.05) is 18.0 Å². The van der Waals surface area contributed by atoms with E-state index in [-0.39, 0.29) is 6.61 Å². The standard InChI is InChI=1S/C13H14N2OS/c1-9(5-7-16)12-10(2)15-13(17-12)11-4-3-6-14-8-11/h3-6,8,16H,7H2,1-2H3. The Bertz CT molecular complexity index is 532. The first-order chi connectivity index (χ1) is 8.22. The van der Waals surface area contributed by atoms with Crippen molar-refractivity contribution in [1.82, 2.24) is 9.97 Å². The number of aliphatic hydroxyl groups excluding tert-OH is 1. The van der Waals surface area contributed by atoms with Crippen molar-refractivity contribution in [2.45, 2.75) is 13.8 Å². The Morgan fingerprint density at radius 3 is 3.00 bits per heavy atom. The van der Waals surface area contributed by atoms with Crippen LogP contribution in [0.3, 0.4) is 0 Å². The van der Waals surface area contributed by atoms with Crippen LogP contribution in [0.25, 0.3) is 16.1 Å². The van der Waals surface area contributed by atoms with Crippen molar-refractivity contribution in [3.8, 4) is 10.6 Å². The summed E-state index contributed by atoms with van der Waals surface area (Å²) in [5, 5.41) is 9.88. The number of rotatable bonds is 3. The third-order valence-corrected chi connectivity index (χ3v) is 3.80. The van der Waals surface area contributed by atoms with Gasteiger partial charge in [0.2, 0.25) is 0 Å². The molecule has 0 aliphatic rings. The van der Waals surface area contributed by atoms with Gasteiger partial charge in [-0.2, -0.15) is 0 Å². The van der Waals surface area contributed by atoms with Crippen molar-refractivity contribution in [3.05, 3.63) is 41.2 Å². The Labute approximate surface area is 104 Å². The number of aryl methyl sites for hydroxylation is 1. The van der Waals surface area contributed by atoms with Crippen LogP contribution >= 0.6 is 11.3 Å². The third-order valence-electron chi connectivity index (χ3n) is 2.46. The Kier molecular flexibility index (Phi) is 3.66. The highest BCUT2D eigenvalue weighted by atomic mass is 32.1. The zero-order valence-electron chi connectivity index (χ0n) is 9.84. The molecule has 0 spiro atoms. The van der Waals surface area contributed by atoms with Crippen LogP contribution in [0.5, 0.6) is 0 Å². The minimum atomic E-state index is 0.0609. The molecule has 0 bridgehead atoms. The molecule has 0 fully saturated rings. The lowest BCUT2D eigenvalue weighted by Gasteiger charge is -1.96. The van der Waals surface area contributed by atoms with Gasteiger partial charge in [-0.1, -0.05) is 6.08 Å². The Balaban J connectivity index is 2.41. The summed E-state index contributed by atoms with van der Waals surface area (Å²) in [6, 6.07) is 3.91. The van der Waals surface area contributed by atoms with E-state index in [0.717, 1.165) is 26.7 Å². The van der Waals surface area contributed by atoms with Crippen molar-refractivity contribution in [2.24, 2.45) is 0 Å². The van der Waals surface area contributed by atoms with E-state index in [2.05, 4.69) is 9.97 Å². The summed E-state index contributed by atoms with van der Waals surface area (Å²) in [6.07, 6.45) is 5.36. The monoisotopic (exact) mass is 246 g/mol.